The molecule has 0 radical (unpaired) electrons. The third-order valence-corrected chi connectivity index (χ3v) is 3.74. The van der Waals surface area contributed by atoms with Crippen LogP contribution < -0.4 is 9.80 Å². The summed E-state index contributed by atoms with van der Waals surface area (Å²) in [4.78, 5) is 26.5. The zero-order valence-corrected chi connectivity index (χ0v) is 18.3. The Labute approximate surface area is 172 Å². The van der Waals surface area contributed by atoms with Crippen LogP contribution in [0.1, 0.15) is 37.6 Å². The zero-order chi connectivity index (χ0) is 22.0. The van der Waals surface area contributed by atoms with E-state index in [1.54, 1.807) is 31.2 Å². The second kappa shape index (κ2) is 11.7. The molecule has 1 aromatic heterocycles. The minimum Gasteiger partial charge on any atom is -0.451 e. The van der Waals surface area contributed by atoms with Gasteiger partial charge in [-0.25, -0.2) is 9.78 Å². The standard InChI is InChI=1S/C19H23N3O5.C2H6/c1-12-11-13(2)18(20-17(12)14(3)21-25-5)27-16-10-8-7-9-15(16)22(26-6)19(23)24-4;1-2/h7-11H,1-6H3;1-2H3/b21-14-;. The van der Waals surface area contributed by atoms with Gasteiger partial charge in [-0.2, -0.15) is 0 Å². The van der Waals surface area contributed by atoms with E-state index in [1.165, 1.54) is 21.3 Å². The van der Waals surface area contributed by atoms with Gasteiger partial charge < -0.3 is 14.3 Å². The number of ether oxygens (including phenoxy) is 2. The highest BCUT2D eigenvalue weighted by atomic mass is 16.7. The first-order valence-electron chi connectivity index (χ1n) is 9.18. The molecule has 0 saturated heterocycles. The van der Waals surface area contributed by atoms with Gasteiger partial charge in [0.05, 0.1) is 19.9 Å². The number of aromatic nitrogens is 1. The van der Waals surface area contributed by atoms with Gasteiger partial charge in [0, 0.05) is 5.56 Å². The van der Waals surface area contributed by atoms with Gasteiger partial charge in [0.2, 0.25) is 5.88 Å². The summed E-state index contributed by atoms with van der Waals surface area (Å²) in [7, 11) is 4.12. The number of pyridine rings is 1. The molecule has 0 aliphatic rings. The normalized spacial score (nSPS) is 10.6. The smallest absolute Gasteiger partial charge is 0.438 e. The van der Waals surface area contributed by atoms with E-state index in [0.29, 0.717) is 28.7 Å². The maximum atomic E-state index is 12.0. The molecule has 0 spiro atoms. The molecule has 2 rings (SSSR count). The molecule has 158 valence electrons. The molecule has 8 nitrogen and oxygen atoms in total. The van der Waals surface area contributed by atoms with Crippen LogP contribution in [0.25, 0.3) is 0 Å². The highest BCUT2D eigenvalue weighted by Gasteiger charge is 2.21. The third-order valence-electron chi connectivity index (χ3n) is 3.74. The molecule has 0 aliphatic heterocycles. The maximum absolute atomic E-state index is 12.0. The summed E-state index contributed by atoms with van der Waals surface area (Å²) in [5.74, 6) is 0.770. The van der Waals surface area contributed by atoms with Crippen LogP contribution >= 0.6 is 0 Å². The molecule has 1 heterocycles. The van der Waals surface area contributed by atoms with Gasteiger partial charge in [-0.15, -0.1) is 5.06 Å². The average Bonchev–Trinajstić information content (AvgIpc) is 2.73. The Balaban J connectivity index is 0.00000204. The second-order valence-corrected chi connectivity index (χ2v) is 5.65. The van der Waals surface area contributed by atoms with Crippen molar-refractivity contribution in [3.8, 4) is 11.6 Å². The minimum absolute atomic E-state index is 0.384. The number of rotatable bonds is 6. The lowest BCUT2D eigenvalue weighted by Crippen LogP contribution is -2.29. The van der Waals surface area contributed by atoms with E-state index in [2.05, 4.69) is 10.1 Å². The van der Waals surface area contributed by atoms with E-state index < -0.39 is 6.09 Å². The van der Waals surface area contributed by atoms with Crippen molar-refractivity contribution in [1.29, 1.82) is 0 Å². The third kappa shape index (κ3) is 5.92. The van der Waals surface area contributed by atoms with Crippen LogP contribution in [-0.2, 0) is 14.4 Å². The number of anilines is 1. The molecule has 0 fully saturated rings. The topological polar surface area (TPSA) is 82.5 Å². The first kappa shape index (κ1) is 23.9. The van der Waals surface area contributed by atoms with Gasteiger partial charge in [-0.05, 0) is 44.5 Å². The lowest BCUT2D eigenvalue weighted by molar-refractivity contribution is 0.115. The molecule has 29 heavy (non-hydrogen) atoms. The van der Waals surface area contributed by atoms with Crippen molar-refractivity contribution in [3.63, 3.8) is 0 Å². The van der Waals surface area contributed by atoms with Gasteiger partial charge in [-0.3, -0.25) is 4.84 Å². The van der Waals surface area contributed by atoms with Crippen LogP contribution in [0, 0.1) is 13.8 Å². The van der Waals surface area contributed by atoms with E-state index in [9.17, 15) is 4.79 Å². The van der Waals surface area contributed by atoms with Crippen molar-refractivity contribution < 1.29 is 23.9 Å². The number of aryl methyl sites for hydroxylation is 2. The Kier molecular flexibility index (Phi) is 9.61. The fraction of sp³-hybridized carbons (Fsp3) is 0.381. The molecule has 0 saturated carbocycles. The number of amides is 1. The molecule has 1 amide bonds. The highest BCUT2D eigenvalue weighted by molar-refractivity contribution is 5.98. The predicted octanol–water partition coefficient (Wildman–Crippen LogP) is 5.02. The minimum atomic E-state index is -0.675. The van der Waals surface area contributed by atoms with Crippen LogP contribution in [0.3, 0.4) is 0 Å². The number of hydrogen-bond donors (Lipinski definition) is 0. The summed E-state index contributed by atoms with van der Waals surface area (Å²) in [5, 5.41) is 4.93. The van der Waals surface area contributed by atoms with E-state index in [4.69, 9.17) is 19.1 Å². The van der Waals surface area contributed by atoms with Gasteiger partial charge in [0.25, 0.3) is 0 Å². The van der Waals surface area contributed by atoms with Crippen molar-refractivity contribution in [1.82, 2.24) is 4.98 Å². The van der Waals surface area contributed by atoms with Crippen LogP contribution in [0.15, 0.2) is 35.5 Å². The number of hydrogen-bond acceptors (Lipinski definition) is 7. The number of para-hydroxylation sites is 2. The molecular weight excluding hydrogens is 374 g/mol. The molecule has 0 atom stereocenters. The second-order valence-electron chi connectivity index (χ2n) is 5.65. The van der Waals surface area contributed by atoms with Gasteiger partial charge in [0.1, 0.15) is 18.5 Å². The highest BCUT2D eigenvalue weighted by Crippen LogP contribution is 2.33. The molecule has 8 heteroatoms. The number of carbonyl (C=O) groups excluding carboxylic acids is 1. The summed E-state index contributed by atoms with van der Waals surface area (Å²) >= 11 is 0. The number of benzene rings is 1. The largest absolute Gasteiger partial charge is 0.451 e. The van der Waals surface area contributed by atoms with Crippen LogP contribution in [0.5, 0.6) is 11.6 Å². The maximum Gasteiger partial charge on any atom is 0.438 e. The van der Waals surface area contributed by atoms with Gasteiger partial charge in [-0.1, -0.05) is 31.1 Å². The summed E-state index contributed by atoms with van der Waals surface area (Å²) in [6, 6.07) is 8.88. The Morgan fingerprint density at radius 2 is 1.72 bits per heavy atom. The van der Waals surface area contributed by atoms with E-state index >= 15 is 0 Å². The Bertz CT molecular complexity index is 852. The van der Waals surface area contributed by atoms with Crippen LogP contribution in [-0.4, -0.2) is 38.1 Å². The van der Waals surface area contributed by atoms with Crippen molar-refractivity contribution in [3.05, 3.63) is 47.2 Å². The summed E-state index contributed by atoms with van der Waals surface area (Å²) in [6.45, 7) is 9.63. The van der Waals surface area contributed by atoms with E-state index in [-0.39, 0.29) is 0 Å². The first-order valence-corrected chi connectivity index (χ1v) is 9.18. The van der Waals surface area contributed by atoms with Crippen molar-refractivity contribution >= 4 is 17.5 Å². The SMILES string of the molecule is CC.CO/N=C(/C)c1nc(Oc2ccccc2N(OC)C(=O)OC)c(C)cc1C. The van der Waals surface area contributed by atoms with Gasteiger partial charge >= 0.3 is 6.09 Å². The molecule has 0 bridgehead atoms. The lowest BCUT2D eigenvalue weighted by atomic mass is 10.1. The molecule has 1 aromatic carbocycles. The summed E-state index contributed by atoms with van der Waals surface area (Å²) in [6.07, 6.45) is -0.675. The predicted molar refractivity (Wildman–Crippen MR) is 113 cm³/mol. The van der Waals surface area contributed by atoms with E-state index in [0.717, 1.165) is 16.2 Å². The van der Waals surface area contributed by atoms with Crippen LogP contribution in [0.4, 0.5) is 10.5 Å². The summed E-state index contributed by atoms with van der Waals surface area (Å²) < 4.78 is 10.7. The number of nitrogens with zero attached hydrogens (tertiary/aromatic N) is 3. The quantitative estimate of drug-likeness (QED) is 0.497. The Hall–Kier alpha value is -3.13. The monoisotopic (exact) mass is 403 g/mol. The number of carbonyl (C=O) groups is 1. The molecule has 0 N–H and O–H groups in total. The number of hydroxylamine groups is 1. The van der Waals surface area contributed by atoms with Crippen molar-refractivity contribution in [2.24, 2.45) is 5.16 Å². The number of methoxy groups -OCH3 is 1. The van der Waals surface area contributed by atoms with E-state index in [1.807, 2.05) is 33.8 Å². The fourth-order valence-corrected chi connectivity index (χ4v) is 2.55. The molecule has 2 aromatic rings. The zero-order valence-electron chi connectivity index (χ0n) is 18.3. The van der Waals surface area contributed by atoms with Crippen LogP contribution in [0.2, 0.25) is 0 Å². The first-order chi connectivity index (χ1) is 13.9. The van der Waals surface area contributed by atoms with Crippen molar-refractivity contribution in [2.75, 3.05) is 26.4 Å². The molecule has 0 unspecified atom stereocenters. The Morgan fingerprint density at radius 1 is 1.07 bits per heavy atom. The molecular formula is C21H29N3O5. The van der Waals surface area contributed by atoms with Crippen molar-refractivity contribution in [2.45, 2.75) is 34.6 Å². The fourth-order valence-electron chi connectivity index (χ4n) is 2.55. The Morgan fingerprint density at radius 3 is 2.31 bits per heavy atom. The lowest BCUT2D eigenvalue weighted by Gasteiger charge is -2.21. The number of oxime groups is 1. The molecule has 0 aliphatic carbocycles. The summed E-state index contributed by atoms with van der Waals surface area (Å²) in [5.41, 5.74) is 3.45. The van der Waals surface area contributed by atoms with Gasteiger partial charge in [0.15, 0.2) is 5.75 Å². The average molecular weight is 403 g/mol.